The highest BCUT2D eigenvalue weighted by Gasteiger charge is 2.14. The lowest BCUT2D eigenvalue weighted by Crippen LogP contribution is -2.06. The first kappa shape index (κ1) is 14.4. The highest BCUT2D eigenvalue weighted by molar-refractivity contribution is 9.11. The smallest absolute Gasteiger partial charge is 0.219 e. The molecule has 3 nitrogen and oxygen atoms in total. The van der Waals surface area contributed by atoms with Gasteiger partial charge < -0.3 is 0 Å². The van der Waals surface area contributed by atoms with Crippen molar-refractivity contribution in [2.75, 3.05) is 0 Å². The van der Waals surface area contributed by atoms with E-state index in [1.807, 2.05) is 13.0 Å². The zero-order valence-corrected chi connectivity index (χ0v) is 14.1. The monoisotopic (exact) mass is 410 g/mol. The third kappa shape index (κ3) is 2.53. The van der Waals surface area contributed by atoms with Gasteiger partial charge >= 0.3 is 0 Å². The minimum Gasteiger partial charge on any atom is -0.286 e. The largest absolute Gasteiger partial charge is 0.286 e. The van der Waals surface area contributed by atoms with Crippen molar-refractivity contribution in [3.8, 4) is 5.69 Å². The average Bonchev–Trinajstić information content (AvgIpc) is 2.70. The molecule has 106 valence electrons. The van der Waals surface area contributed by atoms with Crippen molar-refractivity contribution in [3.63, 3.8) is 0 Å². The Hall–Kier alpha value is -1.53. The molecule has 1 aromatic heterocycles. The Morgan fingerprint density at radius 1 is 1.14 bits per heavy atom. The fourth-order valence-electron chi connectivity index (χ4n) is 2.18. The van der Waals surface area contributed by atoms with Crippen LogP contribution in [0.15, 0.2) is 50.1 Å². The molecule has 0 fully saturated rings. The van der Waals surface area contributed by atoms with Crippen molar-refractivity contribution in [2.45, 2.75) is 6.92 Å². The molecule has 0 N–H and O–H groups in total. The van der Waals surface area contributed by atoms with E-state index in [1.165, 1.54) is 12.1 Å². The molecule has 2 aromatic carbocycles. The van der Waals surface area contributed by atoms with Crippen molar-refractivity contribution in [2.24, 2.45) is 0 Å². The van der Waals surface area contributed by atoms with Gasteiger partial charge in [-0.25, -0.2) is 9.07 Å². The van der Waals surface area contributed by atoms with Gasteiger partial charge in [0, 0.05) is 9.86 Å². The Morgan fingerprint density at radius 2 is 1.81 bits per heavy atom. The Morgan fingerprint density at radius 3 is 2.48 bits per heavy atom. The molecule has 0 saturated heterocycles. The summed E-state index contributed by atoms with van der Waals surface area (Å²) in [6.07, 6.45) is 0. The summed E-state index contributed by atoms with van der Waals surface area (Å²) >= 11 is 6.68. The van der Waals surface area contributed by atoms with Crippen LogP contribution in [0.5, 0.6) is 0 Å². The van der Waals surface area contributed by atoms with Crippen LogP contribution < -0.4 is 5.43 Å². The van der Waals surface area contributed by atoms with Crippen LogP contribution in [0, 0.1) is 12.7 Å². The highest BCUT2D eigenvalue weighted by Crippen LogP contribution is 2.24. The summed E-state index contributed by atoms with van der Waals surface area (Å²) in [5.41, 5.74) is 1.66. The second kappa shape index (κ2) is 5.35. The van der Waals surface area contributed by atoms with Crippen LogP contribution in [-0.2, 0) is 0 Å². The maximum absolute atomic E-state index is 13.1. The number of aryl methyl sites for hydroxylation is 1. The van der Waals surface area contributed by atoms with E-state index >= 15 is 0 Å². The van der Waals surface area contributed by atoms with Crippen LogP contribution in [0.1, 0.15) is 5.69 Å². The Kier molecular flexibility index (Phi) is 3.67. The lowest BCUT2D eigenvalue weighted by molar-refractivity contribution is 0.627. The van der Waals surface area contributed by atoms with Gasteiger partial charge in [-0.3, -0.25) is 4.79 Å². The predicted molar refractivity (Wildman–Crippen MR) is 87.4 cm³/mol. The second-order valence-corrected chi connectivity index (χ2v) is 6.36. The molecule has 0 atom stereocenters. The van der Waals surface area contributed by atoms with Crippen molar-refractivity contribution < 1.29 is 4.39 Å². The van der Waals surface area contributed by atoms with E-state index in [4.69, 9.17) is 0 Å². The summed E-state index contributed by atoms with van der Waals surface area (Å²) in [6.45, 7) is 1.84. The summed E-state index contributed by atoms with van der Waals surface area (Å²) in [6, 6.07) is 9.43. The first-order chi connectivity index (χ1) is 9.97. The molecule has 0 amide bonds. The lowest BCUT2D eigenvalue weighted by atomic mass is 10.2. The molecule has 3 rings (SSSR count). The van der Waals surface area contributed by atoms with Crippen LogP contribution >= 0.6 is 31.9 Å². The Labute approximate surface area is 136 Å². The molecular weight excluding hydrogens is 403 g/mol. The van der Waals surface area contributed by atoms with Crippen molar-refractivity contribution >= 4 is 42.8 Å². The van der Waals surface area contributed by atoms with Crippen LogP contribution in [-0.4, -0.2) is 9.78 Å². The quantitative estimate of drug-likeness (QED) is 0.596. The summed E-state index contributed by atoms with van der Waals surface area (Å²) in [4.78, 5) is 12.6. The SMILES string of the molecule is Cc1nn(-c2ccc(F)cc2)c2c(=O)c(Br)cc(Br)cc12. The molecule has 0 saturated carbocycles. The number of aromatic nitrogens is 2. The molecule has 0 bridgehead atoms. The molecule has 0 aliphatic carbocycles. The van der Waals surface area contributed by atoms with Gasteiger partial charge in [0.25, 0.3) is 0 Å². The van der Waals surface area contributed by atoms with Gasteiger partial charge in [-0.05, 0) is 59.3 Å². The predicted octanol–water partition coefficient (Wildman–Crippen LogP) is 4.36. The van der Waals surface area contributed by atoms with Gasteiger partial charge in [-0.15, -0.1) is 0 Å². The summed E-state index contributed by atoms with van der Waals surface area (Å²) in [7, 11) is 0. The maximum atomic E-state index is 13.1. The molecule has 0 aliphatic heterocycles. The molecular formula is C15H9Br2FN2O. The van der Waals surface area contributed by atoms with Gasteiger partial charge in [0.15, 0.2) is 0 Å². The van der Waals surface area contributed by atoms with Crippen LogP contribution in [0.2, 0.25) is 0 Å². The fraction of sp³-hybridized carbons (Fsp3) is 0.0667. The van der Waals surface area contributed by atoms with Crippen molar-refractivity contribution in [3.05, 3.63) is 67.1 Å². The van der Waals surface area contributed by atoms with Crippen molar-refractivity contribution in [1.82, 2.24) is 9.78 Å². The minimum absolute atomic E-state index is 0.166. The van der Waals surface area contributed by atoms with Crippen molar-refractivity contribution in [1.29, 1.82) is 0 Å². The highest BCUT2D eigenvalue weighted by atomic mass is 79.9. The molecule has 0 radical (unpaired) electrons. The topological polar surface area (TPSA) is 34.9 Å². The lowest BCUT2D eigenvalue weighted by Gasteiger charge is -2.01. The number of hydrogen-bond acceptors (Lipinski definition) is 2. The van der Waals surface area contributed by atoms with E-state index in [0.717, 1.165) is 15.6 Å². The standard InChI is InChI=1S/C15H9Br2FN2O/c1-8-12-6-9(16)7-13(17)15(21)14(12)20(19-8)11-4-2-10(18)3-5-11/h2-7H,1H3. The maximum Gasteiger partial charge on any atom is 0.219 e. The van der Waals surface area contributed by atoms with Gasteiger partial charge in [-0.2, -0.15) is 5.10 Å². The second-order valence-electron chi connectivity index (χ2n) is 4.59. The van der Waals surface area contributed by atoms with Gasteiger partial charge in [-0.1, -0.05) is 15.9 Å². The first-order valence-electron chi connectivity index (χ1n) is 6.12. The third-order valence-electron chi connectivity index (χ3n) is 3.16. The molecule has 1 heterocycles. The molecule has 6 heteroatoms. The number of fused-ring (bicyclic) bond motifs is 1. The number of nitrogens with zero attached hydrogens (tertiary/aromatic N) is 2. The average molecular weight is 412 g/mol. The minimum atomic E-state index is -0.330. The third-order valence-corrected chi connectivity index (χ3v) is 4.20. The normalized spacial score (nSPS) is 11.0. The molecule has 0 spiro atoms. The van der Waals surface area contributed by atoms with E-state index in [9.17, 15) is 9.18 Å². The van der Waals surface area contributed by atoms with E-state index < -0.39 is 0 Å². The number of benzene rings is 1. The summed E-state index contributed by atoms with van der Waals surface area (Å²) < 4.78 is 15.8. The van der Waals surface area contributed by atoms with E-state index in [1.54, 1.807) is 22.9 Å². The van der Waals surface area contributed by atoms with Gasteiger partial charge in [0.1, 0.15) is 11.3 Å². The Balaban J connectivity index is 2.46. The van der Waals surface area contributed by atoms with E-state index in [2.05, 4.69) is 37.0 Å². The van der Waals surface area contributed by atoms with Gasteiger partial charge in [0.2, 0.25) is 5.43 Å². The van der Waals surface area contributed by atoms with Crippen LogP contribution in [0.4, 0.5) is 4.39 Å². The van der Waals surface area contributed by atoms with E-state index in [0.29, 0.717) is 15.7 Å². The Bertz CT molecular complexity index is 904. The zero-order chi connectivity index (χ0) is 15.1. The number of rotatable bonds is 1. The molecule has 21 heavy (non-hydrogen) atoms. The molecule has 0 unspecified atom stereocenters. The van der Waals surface area contributed by atoms with Crippen LogP contribution in [0.3, 0.4) is 0 Å². The number of halogens is 3. The van der Waals surface area contributed by atoms with E-state index in [-0.39, 0.29) is 11.2 Å². The molecule has 3 aromatic rings. The number of hydrogen-bond donors (Lipinski definition) is 0. The van der Waals surface area contributed by atoms with Gasteiger partial charge in [0.05, 0.1) is 15.9 Å². The first-order valence-corrected chi connectivity index (χ1v) is 7.70. The zero-order valence-electron chi connectivity index (χ0n) is 10.9. The fourth-order valence-corrected chi connectivity index (χ4v) is 3.38. The van der Waals surface area contributed by atoms with Crippen LogP contribution in [0.25, 0.3) is 16.6 Å². The summed E-state index contributed by atoms with van der Waals surface area (Å²) in [5.74, 6) is -0.330. The molecule has 0 aliphatic rings. The summed E-state index contributed by atoms with van der Waals surface area (Å²) in [5, 5.41) is 5.16.